The molecule has 1 spiro atoms. The normalized spacial score (nSPS) is 20.2. The number of aromatic nitrogens is 4. The number of likely N-dealkylation sites (N-methyl/N-ethyl adjacent to an activating group) is 1. The number of thioether (sulfide) groups is 1. The number of hydrogen-bond donors (Lipinski definition) is 2. The highest BCUT2D eigenvalue weighted by atomic mass is 32.2. The zero-order chi connectivity index (χ0) is 28.0. The zero-order valence-electron chi connectivity index (χ0n) is 23.0. The third kappa shape index (κ3) is 4.57. The minimum atomic E-state index is -0.170. The maximum Gasteiger partial charge on any atom is 0.323 e. The number of nitriles is 1. The predicted octanol–water partition coefficient (Wildman–Crippen LogP) is 3.39. The molecule has 3 aliphatic heterocycles. The maximum atomic E-state index is 9.78. The molecule has 0 amide bonds. The number of thiophene rings is 1. The van der Waals surface area contributed by atoms with E-state index in [-0.39, 0.29) is 10.8 Å². The Morgan fingerprint density at radius 3 is 2.83 bits per heavy atom. The summed E-state index contributed by atoms with van der Waals surface area (Å²) in [6.45, 7) is 7.80. The van der Waals surface area contributed by atoms with Crippen molar-refractivity contribution in [1.82, 2.24) is 24.8 Å². The fourth-order valence-electron chi connectivity index (χ4n) is 6.00. The van der Waals surface area contributed by atoms with Crippen LogP contribution >= 0.6 is 23.1 Å². The molecule has 0 unspecified atom stereocenters. The molecule has 13 heteroatoms. The van der Waals surface area contributed by atoms with Crippen LogP contribution in [0, 0.1) is 11.3 Å². The van der Waals surface area contributed by atoms with Gasteiger partial charge in [0.1, 0.15) is 23.5 Å². The summed E-state index contributed by atoms with van der Waals surface area (Å²) in [5, 5.41) is 10.4. The van der Waals surface area contributed by atoms with Crippen molar-refractivity contribution < 1.29 is 4.74 Å². The zero-order valence-corrected chi connectivity index (χ0v) is 24.6. The Morgan fingerprint density at radius 1 is 1.30 bits per heavy atom. The van der Waals surface area contributed by atoms with Crippen molar-refractivity contribution in [2.24, 2.45) is 0 Å². The summed E-state index contributed by atoms with van der Waals surface area (Å²) in [6, 6.07) is 6.77. The van der Waals surface area contributed by atoms with Crippen LogP contribution in [0.4, 0.5) is 22.7 Å². The molecule has 0 bridgehead atoms. The summed E-state index contributed by atoms with van der Waals surface area (Å²) < 4.78 is 6.05. The number of fused-ring (bicyclic) bond motifs is 2. The second-order valence-electron chi connectivity index (χ2n) is 10.6. The van der Waals surface area contributed by atoms with Crippen LogP contribution in [0.25, 0.3) is 0 Å². The number of likely N-dealkylation sites (tertiary alicyclic amines) is 1. The van der Waals surface area contributed by atoms with Gasteiger partial charge in [-0.2, -0.15) is 20.2 Å². The molecule has 0 saturated carbocycles. The van der Waals surface area contributed by atoms with E-state index >= 15 is 0 Å². The Kier molecular flexibility index (Phi) is 7.10. The highest BCUT2D eigenvalue weighted by molar-refractivity contribution is 8.00. The van der Waals surface area contributed by atoms with Gasteiger partial charge in [0.05, 0.1) is 16.4 Å². The summed E-state index contributed by atoms with van der Waals surface area (Å²) >= 11 is 3.41. The van der Waals surface area contributed by atoms with Crippen molar-refractivity contribution in [2.75, 3.05) is 61.1 Å². The fraction of sp³-hybridized carbons (Fsp3) is 0.519. The number of ether oxygens (including phenoxy) is 1. The van der Waals surface area contributed by atoms with Gasteiger partial charge in [0.2, 0.25) is 11.9 Å². The van der Waals surface area contributed by atoms with Gasteiger partial charge >= 0.3 is 6.01 Å². The lowest BCUT2D eigenvalue weighted by Crippen LogP contribution is -2.57. The van der Waals surface area contributed by atoms with E-state index in [1.54, 1.807) is 6.20 Å². The van der Waals surface area contributed by atoms with Crippen molar-refractivity contribution in [3.05, 3.63) is 39.9 Å². The van der Waals surface area contributed by atoms with Gasteiger partial charge < -0.3 is 30.9 Å². The number of nitrogens with two attached hydrogens (primary N) is 2. The SMILES string of the molecule is CCN(c1nc(OC[C@@H]2CCCN2C)nc(N2CC3(C2)SCc2sc(N)c(C#N)c23)n1)[C@H](C)c1cccnc1N. The molecule has 2 atom stereocenters. The molecule has 4 N–H and O–H groups in total. The van der Waals surface area contributed by atoms with Crippen LogP contribution in [0.3, 0.4) is 0 Å². The standard InChI is InChI=1S/C27H34N10OS2/c1-4-37(16(2)18-8-5-9-31-22(18)29)25-32-24(33-26(34-25)38-12-17-7-6-10-35(17)3)36-14-27(15-36)21-19(11-28)23(30)40-20(21)13-39-27/h5,8-9,16-17H,4,6-7,10,12-15,30H2,1-3H3,(H2,29,31)/t16-,17+/m1/s1. The topological polar surface area (TPSA) is 146 Å². The quantitative estimate of drug-likeness (QED) is 0.404. The number of nitrogen functional groups attached to an aromatic ring is 2. The predicted molar refractivity (Wildman–Crippen MR) is 160 cm³/mol. The molecule has 11 nitrogen and oxygen atoms in total. The first-order valence-electron chi connectivity index (χ1n) is 13.6. The smallest absolute Gasteiger partial charge is 0.323 e. The number of anilines is 4. The first-order chi connectivity index (χ1) is 19.3. The lowest BCUT2D eigenvalue weighted by Gasteiger charge is -2.47. The fourth-order valence-corrected chi connectivity index (χ4v) is 8.81. The average molecular weight is 579 g/mol. The lowest BCUT2D eigenvalue weighted by atomic mass is 9.88. The molecule has 6 rings (SSSR count). The van der Waals surface area contributed by atoms with E-state index in [1.165, 1.54) is 22.6 Å². The van der Waals surface area contributed by atoms with Crippen molar-refractivity contribution in [3.8, 4) is 12.1 Å². The highest BCUT2D eigenvalue weighted by Gasteiger charge is 2.53. The van der Waals surface area contributed by atoms with E-state index in [9.17, 15) is 5.26 Å². The Labute approximate surface area is 242 Å². The van der Waals surface area contributed by atoms with Gasteiger partial charge in [-0.05, 0) is 46.3 Å². The van der Waals surface area contributed by atoms with Gasteiger partial charge in [-0.1, -0.05) is 6.07 Å². The molecule has 2 fully saturated rings. The molecule has 2 saturated heterocycles. The number of hydrogen-bond acceptors (Lipinski definition) is 13. The van der Waals surface area contributed by atoms with Gasteiger partial charge in [0.15, 0.2) is 0 Å². The first kappa shape index (κ1) is 26.9. The van der Waals surface area contributed by atoms with Crippen LogP contribution in [0.1, 0.15) is 54.3 Å². The van der Waals surface area contributed by atoms with Crippen LogP contribution in [0.5, 0.6) is 6.01 Å². The number of rotatable bonds is 8. The Morgan fingerprint density at radius 2 is 2.12 bits per heavy atom. The second kappa shape index (κ2) is 10.6. The Bertz CT molecular complexity index is 1450. The third-order valence-corrected chi connectivity index (χ3v) is 10.9. The Balaban J connectivity index is 1.31. The molecule has 0 radical (unpaired) electrons. The van der Waals surface area contributed by atoms with Gasteiger partial charge in [-0.15, -0.1) is 23.1 Å². The van der Waals surface area contributed by atoms with E-state index in [2.05, 4.69) is 46.6 Å². The largest absolute Gasteiger partial charge is 0.462 e. The molecule has 0 aromatic carbocycles. The van der Waals surface area contributed by atoms with E-state index < -0.39 is 0 Å². The number of nitrogens with zero attached hydrogens (tertiary/aromatic N) is 8. The van der Waals surface area contributed by atoms with Gasteiger partial charge in [0.25, 0.3) is 0 Å². The number of pyridine rings is 1. The average Bonchev–Trinajstić information content (AvgIpc) is 3.60. The van der Waals surface area contributed by atoms with Crippen LogP contribution in [0.2, 0.25) is 0 Å². The summed E-state index contributed by atoms with van der Waals surface area (Å²) in [6.07, 6.45) is 3.96. The second-order valence-corrected chi connectivity index (χ2v) is 13.1. The molecule has 0 aliphatic carbocycles. The minimum absolute atomic E-state index is 0.106. The van der Waals surface area contributed by atoms with Crippen molar-refractivity contribution in [1.29, 1.82) is 5.26 Å². The first-order valence-corrected chi connectivity index (χ1v) is 15.4. The Hall–Kier alpha value is -3.34. The van der Waals surface area contributed by atoms with Crippen LogP contribution in [-0.4, -0.2) is 70.7 Å². The molecule has 3 aromatic rings. The van der Waals surface area contributed by atoms with Crippen molar-refractivity contribution in [3.63, 3.8) is 0 Å². The summed E-state index contributed by atoms with van der Waals surface area (Å²) in [4.78, 5) is 26.5. The van der Waals surface area contributed by atoms with Gasteiger partial charge in [-0.3, -0.25) is 0 Å². The van der Waals surface area contributed by atoms with Gasteiger partial charge in [-0.25, -0.2) is 4.98 Å². The maximum absolute atomic E-state index is 9.78. The van der Waals surface area contributed by atoms with E-state index in [0.717, 1.165) is 29.8 Å². The van der Waals surface area contributed by atoms with E-state index in [1.807, 2.05) is 23.9 Å². The molecule has 3 aromatic heterocycles. The monoisotopic (exact) mass is 578 g/mol. The highest BCUT2D eigenvalue weighted by Crippen LogP contribution is 2.57. The molecule has 3 aliphatic rings. The van der Waals surface area contributed by atoms with Gasteiger partial charge in [0, 0.05) is 53.6 Å². The minimum Gasteiger partial charge on any atom is -0.462 e. The van der Waals surface area contributed by atoms with Crippen molar-refractivity contribution in [2.45, 2.75) is 49.3 Å². The van der Waals surface area contributed by atoms with Crippen LogP contribution < -0.4 is 26.0 Å². The lowest BCUT2D eigenvalue weighted by molar-refractivity contribution is 0.187. The summed E-state index contributed by atoms with van der Waals surface area (Å²) in [5.41, 5.74) is 15.1. The summed E-state index contributed by atoms with van der Waals surface area (Å²) in [5.74, 6) is 2.48. The third-order valence-electron chi connectivity index (χ3n) is 8.28. The molecular formula is C27H34N10OS2. The van der Waals surface area contributed by atoms with E-state index in [4.69, 9.17) is 31.2 Å². The summed E-state index contributed by atoms with van der Waals surface area (Å²) in [7, 11) is 2.13. The van der Waals surface area contributed by atoms with E-state index in [0.29, 0.717) is 66.6 Å². The molecule has 6 heterocycles. The molecule has 210 valence electrons. The van der Waals surface area contributed by atoms with Crippen molar-refractivity contribution >= 4 is 45.8 Å². The molecule has 40 heavy (non-hydrogen) atoms. The van der Waals surface area contributed by atoms with Crippen LogP contribution in [0.15, 0.2) is 18.3 Å². The molecular weight excluding hydrogens is 545 g/mol. The van der Waals surface area contributed by atoms with Crippen LogP contribution in [-0.2, 0) is 10.5 Å².